The van der Waals surface area contributed by atoms with Crippen molar-refractivity contribution in [2.45, 2.75) is 45.9 Å². The molecule has 3 aromatic heterocycles. The van der Waals surface area contributed by atoms with Crippen molar-refractivity contribution < 1.29 is 24.2 Å². The van der Waals surface area contributed by atoms with Gasteiger partial charge in [-0.2, -0.15) is 5.10 Å². The van der Waals surface area contributed by atoms with E-state index in [0.29, 0.717) is 52.6 Å². The molecule has 10 nitrogen and oxygen atoms in total. The van der Waals surface area contributed by atoms with E-state index in [4.69, 9.17) is 14.5 Å². The van der Waals surface area contributed by atoms with E-state index in [-0.39, 0.29) is 23.6 Å². The van der Waals surface area contributed by atoms with E-state index in [1.165, 1.54) is 7.11 Å². The van der Waals surface area contributed by atoms with Gasteiger partial charge in [0.25, 0.3) is 5.91 Å². The number of rotatable bonds is 11. The van der Waals surface area contributed by atoms with Gasteiger partial charge in [-0.3, -0.25) is 9.48 Å². The van der Waals surface area contributed by atoms with Gasteiger partial charge in [0.2, 0.25) is 0 Å². The molecule has 1 atom stereocenters. The highest BCUT2D eigenvalue weighted by atomic mass is 16.5. The monoisotopic (exact) mass is 643 g/mol. The first-order chi connectivity index (χ1) is 23.3. The maximum Gasteiger partial charge on any atom is 0.338 e. The predicted molar refractivity (Wildman–Crippen MR) is 182 cm³/mol. The zero-order chi connectivity index (χ0) is 33.8. The molecule has 10 heteroatoms. The van der Waals surface area contributed by atoms with E-state index in [9.17, 15) is 14.7 Å². The van der Waals surface area contributed by atoms with Crippen LogP contribution in [0.1, 0.15) is 68.2 Å². The molecule has 48 heavy (non-hydrogen) atoms. The van der Waals surface area contributed by atoms with Gasteiger partial charge in [0, 0.05) is 36.3 Å². The average molecular weight is 644 g/mol. The molecule has 0 saturated carbocycles. The molecule has 0 fully saturated rings. The fraction of sp³-hybridized carbons (Fsp3) is 0.211. The Morgan fingerprint density at radius 2 is 1.62 bits per heavy atom. The van der Waals surface area contributed by atoms with Crippen LogP contribution >= 0.6 is 0 Å². The summed E-state index contributed by atoms with van der Waals surface area (Å²) in [7, 11) is 1.49. The molecular weight excluding hydrogens is 606 g/mol. The van der Waals surface area contributed by atoms with Gasteiger partial charge in [-0.1, -0.05) is 79.7 Å². The number of pyridine rings is 1. The molecule has 0 aliphatic carbocycles. The summed E-state index contributed by atoms with van der Waals surface area (Å²) in [5, 5.41) is 20.3. The summed E-state index contributed by atoms with van der Waals surface area (Å²) >= 11 is 0. The minimum Gasteiger partial charge on any atom is -0.496 e. The highest BCUT2D eigenvalue weighted by Gasteiger charge is 2.42. The standard InChI is InChI=1S/C38H37N5O5/c1-5-32-35(41-34-20-33(47-4)29(23-43(32)34)36(44)40-27-21-39-42(6-2)22-27)38(46,30-18-12-10-14-25(30)3)31-19-13-11-17-28(31)37(45)48-24-26-15-8-7-9-16-26/h7-23,46H,5-6,24H2,1-4H3,(H,40,44). The Morgan fingerprint density at radius 1 is 0.917 bits per heavy atom. The number of aromatic nitrogens is 4. The van der Waals surface area contributed by atoms with E-state index in [2.05, 4.69) is 10.4 Å². The molecule has 0 bridgehead atoms. The van der Waals surface area contributed by atoms with Crippen molar-refractivity contribution in [3.05, 3.63) is 148 Å². The lowest BCUT2D eigenvalue weighted by Crippen LogP contribution is -2.33. The van der Waals surface area contributed by atoms with Crippen LogP contribution in [0.25, 0.3) is 5.65 Å². The number of hydrogen-bond acceptors (Lipinski definition) is 7. The van der Waals surface area contributed by atoms with Crippen molar-refractivity contribution in [2.24, 2.45) is 0 Å². The Kier molecular flexibility index (Phi) is 9.09. The van der Waals surface area contributed by atoms with Crippen molar-refractivity contribution >= 4 is 23.2 Å². The average Bonchev–Trinajstić information content (AvgIpc) is 3.74. The Morgan fingerprint density at radius 3 is 2.31 bits per heavy atom. The fourth-order valence-electron chi connectivity index (χ4n) is 6.04. The lowest BCUT2D eigenvalue weighted by atomic mass is 9.78. The van der Waals surface area contributed by atoms with Crippen LogP contribution in [0.3, 0.4) is 0 Å². The van der Waals surface area contributed by atoms with E-state index in [1.54, 1.807) is 58.0 Å². The molecule has 0 saturated heterocycles. The topological polar surface area (TPSA) is 120 Å². The molecule has 3 aromatic carbocycles. The quantitative estimate of drug-likeness (QED) is 0.159. The molecule has 0 spiro atoms. The van der Waals surface area contributed by atoms with E-state index in [0.717, 1.165) is 11.1 Å². The molecular formula is C38H37N5O5. The summed E-state index contributed by atoms with van der Waals surface area (Å²) in [5.74, 6) is -0.649. The summed E-state index contributed by atoms with van der Waals surface area (Å²) in [6.45, 7) is 6.57. The minimum absolute atomic E-state index is 0.0786. The van der Waals surface area contributed by atoms with Gasteiger partial charge in [-0.25, -0.2) is 9.78 Å². The van der Waals surface area contributed by atoms with Crippen LogP contribution in [0.2, 0.25) is 0 Å². The number of esters is 1. The molecule has 6 aromatic rings. The summed E-state index contributed by atoms with van der Waals surface area (Å²) in [6.07, 6.45) is 5.45. The van der Waals surface area contributed by atoms with Crippen molar-refractivity contribution in [2.75, 3.05) is 12.4 Å². The molecule has 2 N–H and O–H groups in total. The first-order valence-electron chi connectivity index (χ1n) is 15.8. The predicted octanol–water partition coefficient (Wildman–Crippen LogP) is 6.32. The minimum atomic E-state index is -1.88. The lowest BCUT2D eigenvalue weighted by Gasteiger charge is -2.31. The molecule has 6 rings (SSSR count). The molecule has 1 unspecified atom stereocenters. The zero-order valence-corrected chi connectivity index (χ0v) is 27.3. The van der Waals surface area contributed by atoms with Gasteiger partial charge in [-0.15, -0.1) is 0 Å². The number of aryl methyl sites for hydroxylation is 3. The Labute approximate surface area is 278 Å². The number of anilines is 1. The van der Waals surface area contributed by atoms with Crippen LogP contribution in [0.15, 0.2) is 104 Å². The molecule has 244 valence electrons. The maximum absolute atomic E-state index is 13.7. The third-order valence-electron chi connectivity index (χ3n) is 8.46. The van der Waals surface area contributed by atoms with Crippen LogP contribution in [-0.4, -0.2) is 43.3 Å². The number of amides is 1. The first-order valence-corrected chi connectivity index (χ1v) is 15.8. The normalized spacial score (nSPS) is 12.4. The fourth-order valence-corrected chi connectivity index (χ4v) is 6.04. The van der Waals surface area contributed by atoms with Crippen LogP contribution in [0, 0.1) is 6.92 Å². The second-order valence-corrected chi connectivity index (χ2v) is 11.4. The van der Waals surface area contributed by atoms with Gasteiger partial charge in [0.15, 0.2) is 5.60 Å². The molecule has 1 amide bonds. The summed E-state index contributed by atoms with van der Waals surface area (Å²) in [6, 6.07) is 25.5. The van der Waals surface area contributed by atoms with Crippen LogP contribution < -0.4 is 10.1 Å². The third kappa shape index (κ3) is 5.93. The highest BCUT2D eigenvalue weighted by molar-refractivity contribution is 6.06. The second-order valence-electron chi connectivity index (χ2n) is 11.4. The summed E-state index contributed by atoms with van der Waals surface area (Å²) in [4.78, 5) is 32.2. The van der Waals surface area contributed by atoms with Gasteiger partial charge in [0.1, 0.15) is 23.7 Å². The maximum atomic E-state index is 13.7. The van der Waals surface area contributed by atoms with Crippen molar-refractivity contribution in [1.82, 2.24) is 19.2 Å². The zero-order valence-electron chi connectivity index (χ0n) is 27.3. The van der Waals surface area contributed by atoms with Gasteiger partial charge < -0.3 is 24.3 Å². The number of methoxy groups -OCH3 is 1. The van der Waals surface area contributed by atoms with Gasteiger partial charge >= 0.3 is 5.97 Å². The number of carbonyl (C=O) groups is 2. The van der Waals surface area contributed by atoms with Crippen LogP contribution in [0.4, 0.5) is 5.69 Å². The smallest absolute Gasteiger partial charge is 0.338 e. The number of aliphatic hydroxyl groups is 1. The SMILES string of the molecule is CCc1c(C(O)(c2ccccc2C)c2ccccc2C(=O)OCc2ccccc2)nc2cc(OC)c(C(=O)Nc3cnn(CC)c3)cn12. The van der Waals surface area contributed by atoms with Crippen LogP contribution in [-0.2, 0) is 29.9 Å². The van der Waals surface area contributed by atoms with E-state index in [1.807, 2.05) is 75.4 Å². The molecule has 0 aliphatic rings. The summed E-state index contributed by atoms with van der Waals surface area (Å²) in [5.41, 5.74) is 3.13. The van der Waals surface area contributed by atoms with Gasteiger partial charge in [0.05, 0.1) is 30.1 Å². The van der Waals surface area contributed by atoms with E-state index < -0.39 is 11.6 Å². The molecule has 0 aliphatic heterocycles. The number of carbonyl (C=O) groups excluding carboxylic acids is 2. The second kappa shape index (κ2) is 13.5. The molecule has 0 radical (unpaired) electrons. The molecule has 3 heterocycles. The van der Waals surface area contributed by atoms with Crippen molar-refractivity contribution in [3.63, 3.8) is 0 Å². The first kappa shape index (κ1) is 32.2. The number of fused-ring (bicyclic) bond motifs is 1. The largest absolute Gasteiger partial charge is 0.496 e. The Bertz CT molecular complexity index is 2100. The number of benzene rings is 3. The lowest BCUT2D eigenvalue weighted by molar-refractivity contribution is 0.0458. The van der Waals surface area contributed by atoms with Crippen molar-refractivity contribution in [3.8, 4) is 5.75 Å². The van der Waals surface area contributed by atoms with Crippen molar-refractivity contribution in [1.29, 1.82) is 0 Å². The third-order valence-corrected chi connectivity index (χ3v) is 8.46. The highest BCUT2D eigenvalue weighted by Crippen LogP contribution is 2.42. The Balaban J connectivity index is 1.51. The van der Waals surface area contributed by atoms with E-state index >= 15 is 0 Å². The van der Waals surface area contributed by atoms with Crippen LogP contribution in [0.5, 0.6) is 5.75 Å². The van der Waals surface area contributed by atoms with Gasteiger partial charge in [-0.05, 0) is 43.0 Å². The number of imidazole rings is 1. The number of ether oxygens (including phenoxy) is 2. The number of hydrogen-bond donors (Lipinski definition) is 2. The summed E-state index contributed by atoms with van der Waals surface area (Å²) < 4.78 is 14.9. The number of nitrogens with one attached hydrogen (secondary N) is 1. The number of nitrogens with zero attached hydrogens (tertiary/aromatic N) is 4. The Hall–Kier alpha value is -5.74.